The number of esters is 1. The van der Waals surface area contributed by atoms with Crippen LogP contribution < -0.4 is 16.3 Å². The number of nitro groups is 1. The van der Waals surface area contributed by atoms with Crippen LogP contribution in [0.4, 0.5) is 30.5 Å². The fraction of sp³-hybridized carbons (Fsp3) is 0.333. The first-order valence-corrected chi connectivity index (χ1v) is 7.99. The van der Waals surface area contributed by atoms with Crippen LogP contribution in [0.2, 0.25) is 0 Å². The van der Waals surface area contributed by atoms with Crippen LogP contribution in [0.25, 0.3) is 0 Å². The molecule has 2 rings (SSSR count). The molecule has 0 bridgehead atoms. The third kappa shape index (κ3) is 5.40. The molecule has 2 aromatic rings. The van der Waals surface area contributed by atoms with Gasteiger partial charge in [-0.05, 0) is 18.6 Å². The van der Waals surface area contributed by atoms with Gasteiger partial charge in [0, 0.05) is 12.7 Å². The summed E-state index contributed by atoms with van der Waals surface area (Å²) in [5.74, 6) is -1.93. The standard InChI is InChI=1S/C15H15F3N6O5/c1-2-29-10(25)7-23(6-8-3-4-9(20-5-8)15(16,17)18)13-11(24(27)28)12(19)21-14(26)22-13/h3-5H,2,6-7H2,1H3,(H3,19,21,22,26). The summed E-state index contributed by atoms with van der Waals surface area (Å²) < 4.78 is 42.8. The van der Waals surface area contributed by atoms with E-state index in [-0.39, 0.29) is 18.7 Å². The Kier molecular flexibility index (Phi) is 6.35. The Bertz CT molecular complexity index is 960. The number of ether oxygens (including phenoxy) is 1. The van der Waals surface area contributed by atoms with E-state index in [1.165, 1.54) is 6.92 Å². The van der Waals surface area contributed by atoms with Gasteiger partial charge in [0.25, 0.3) is 0 Å². The number of H-pyrrole nitrogens is 1. The van der Waals surface area contributed by atoms with Gasteiger partial charge in [-0.3, -0.25) is 24.9 Å². The quantitative estimate of drug-likeness (QED) is 0.385. The van der Waals surface area contributed by atoms with Crippen molar-refractivity contribution in [2.45, 2.75) is 19.6 Å². The predicted molar refractivity (Wildman–Crippen MR) is 92.8 cm³/mol. The lowest BCUT2D eigenvalue weighted by Gasteiger charge is -2.22. The maximum Gasteiger partial charge on any atom is 0.433 e. The fourth-order valence-corrected chi connectivity index (χ4v) is 2.35. The molecule has 156 valence electrons. The van der Waals surface area contributed by atoms with Gasteiger partial charge in [0.05, 0.1) is 11.5 Å². The van der Waals surface area contributed by atoms with E-state index in [2.05, 4.69) is 9.97 Å². The van der Waals surface area contributed by atoms with Crippen LogP contribution in [0.3, 0.4) is 0 Å². The summed E-state index contributed by atoms with van der Waals surface area (Å²) >= 11 is 0. The van der Waals surface area contributed by atoms with E-state index < -0.39 is 52.3 Å². The molecule has 0 saturated carbocycles. The van der Waals surface area contributed by atoms with Crippen LogP contribution in [-0.4, -0.2) is 39.0 Å². The molecule has 0 atom stereocenters. The molecular weight excluding hydrogens is 401 g/mol. The molecule has 0 amide bonds. The number of hydrogen-bond donors (Lipinski definition) is 2. The first-order chi connectivity index (χ1) is 13.5. The number of anilines is 2. The van der Waals surface area contributed by atoms with E-state index in [1.807, 2.05) is 4.98 Å². The van der Waals surface area contributed by atoms with Crippen LogP contribution in [0.1, 0.15) is 18.2 Å². The molecule has 3 N–H and O–H groups in total. The van der Waals surface area contributed by atoms with Crippen LogP contribution in [0.15, 0.2) is 23.1 Å². The highest BCUT2D eigenvalue weighted by Gasteiger charge is 2.32. The maximum atomic E-state index is 12.7. The number of nitrogen functional groups attached to an aromatic ring is 1. The van der Waals surface area contributed by atoms with Crippen LogP contribution in [0, 0.1) is 10.1 Å². The molecule has 0 spiro atoms. The molecule has 0 aliphatic carbocycles. The largest absolute Gasteiger partial charge is 0.465 e. The Morgan fingerprint density at radius 2 is 2.10 bits per heavy atom. The van der Waals surface area contributed by atoms with Crippen molar-refractivity contribution in [3.63, 3.8) is 0 Å². The number of aromatic nitrogens is 3. The van der Waals surface area contributed by atoms with E-state index in [0.29, 0.717) is 6.07 Å². The van der Waals surface area contributed by atoms with Gasteiger partial charge in [-0.15, -0.1) is 0 Å². The smallest absolute Gasteiger partial charge is 0.433 e. The number of aromatic amines is 1. The lowest BCUT2D eigenvalue weighted by Crippen LogP contribution is -2.34. The van der Waals surface area contributed by atoms with E-state index >= 15 is 0 Å². The highest BCUT2D eigenvalue weighted by Crippen LogP contribution is 2.30. The predicted octanol–water partition coefficient (Wildman–Crippen LogP) is 1.24. The number of nitrogens with zero attached hydrogens (tertiary/aromatic N) is 4. The van der Waals surface area contributed by atoms with Crippen molar-refractivity contribution in [3.8, 4) is 0 Å². The van der Waals surface area contributed by atoms with Gasteiger partial charge in [0.2, 0.25) is 5.82 Å². The minimum absolute atomic E-state index is 0.0154. The molecule has 2 aromatic heterocycles. The maximum absolute atomic E-state index is 12.7. The number of carbonyl (C=O) groups is 1. The Morgan fingerprint density at radius 3 is 2.62 bits per heavy atom. The summed E-state index contributed by atoms with van der Waals surface area (Å²) in [5.41, 5.74) is 2.74. The second-order valence-corrected chi connectivity index (χ2v) is 5.60. The average molecular weight is 416 g/mol. The summed E-state index contributed by atoms with van der Waals surface area (Å²) in [6, 6.07) is 1.79. The van der Waals surface area contributed by atoms with Crippen molar-refractivity contribution >= 4 is 23.3 Å². The van der Waals surface area contributed by atoms with Gasteiger partial charge in [0.15, 0.2) is 5.82 Å². The Balaban J connectivity index is 2.47. The van der Waals surface area contributed by atoms with Crippen molar-refractivity contribution in [3.05, 3.63) is 50.2 Å². The number of carbonyl (C=O) groups excluding carboxylic acids is 1. The molecule has 11 nitrogen and oxygen atoms in total. The number of nitrogens with one attached hydrogen (secondary N) is 1. The molecule has 29 heavy (non-hydrogen) atoms. The van der Waals surface area contributed by atoms with Crippen molar-refractivity contribution in [2.24, 2.45) is 0 Å². The second kappa shape index (κ2) is 8.53. The van der Waals surface area contributed by atoms with Gasteiger partial charge in [-0.25, -0.2) is 4.79 Å². The molecular formula is C15H15F3N6O5. The van der Waals surface area contributed by atoms with E-state index in [1.54, 1.807) is 0 Å². The first-order valence-electron chi connectivity index (χ1n) is 7.99. The lowest BCUT2D eigenvalue weighted by molar-refractivity contribution is -0.383. The SMILES string of the molecule is CCOC(=O)CN(Cc1ccc(C(F)(F)F)nc1)c1nc(=O)[nH]c(N)c1[N+](=O)[O-]. The van der Waals surface area contributed by atoms with Crippen molar-refractivity contribution in [2.75, 3.05) is 23.8 Å². The zero-order valence-electron chi connectivity index (χ0n) is 14.9. The highest BCUT2D eigenvalue weighted by atomic mass is 19.4. The molecule has 0 fully saturated rings. The second-order valence-electron chi connectivity index (χ2n) is 5.60. The average Bonchev–Trinajstić information content (AvgIpc) is 2.60. The van der Waals surface area contributed by atoms with Crippen LogP contribution in [0.5, 0.6) is 0 Å². The molecule has 0 aliphatic rings. The summed E-state index contributed by atoms with van der Waals surface area (Å²) in [4.78, 5) is 43.8. The van der Waals surface area contributed by atoms with Crippen molar-refractivity contribution < 1.29 is 27.6 Å². The fourth-order valence-electron chi connectivity index (χ4n) is 2.35. The summed E-state index contributed by atoms with van der Waals surface area (Å²) in [6.07, 6.45) is -3.76. The number of hydrogen-bond acceptors (Lipinski definition) is 9. The monoisotopic (exact) mass is 416 g/mol. The zero-order valence-corrected chi connectivity index (χ0v) is 14.9. The van der Waals surface area contributed by atoms with Gasteiger partial charge < -0.3 is 15.4 Å². The molecule has 2 heterocycles. The van der Waals surface area contributed by atoms with Gasteiger partial charge in [-0.1, -0.05) is 6.07 Å². The summed E-state index contributed by atoms with van der Waals surface area (Å²) in [5, 5.41) is 11.4. The van der Waals surface area contributed by atoms with E-state index in [0.717, 1.165) is 17.2 Å². The summed E-state index contributed by atoms with van der Waals surface area (Å²) in [7, 11) is 0. The third-order valence-corrected chi connectivity index (χ3v) is 3.51. The molecule has 0 radical (unpaired) electrons. The van der Waals surface area contributed by atoms with Crippen molar-refractivity contribution in [1.29, 1.82) is 0 Å². The summed E-state index contributed by atoms with van der Waals surface area (Å²) in [6.45, 7) is 0.641. The molecule has 14 heteroatoms. The van der Waals surface area contributed by atoms with Gasteiger partial charge >= 0.3 is 23.5 Å². The van der Waals surface area contributed by atoms with Crippen molar-refractivity contribution in [1.82, 2.24) is 15.0 Å². The minimum Gasteiger partial charge on any atom is -0.465 e. The number of rotatable bonds is 7. The lowest BCUT2D eigenvalue weighted by atomic mass is 10.2. The number of halogens is 3. The highest BCUT2D eigenvalue weighted by molar-refractivity contribution is 5.78. The zero-order chi connectivity index (χ0) is 21.8. The minimum atomic E-state index is -4.65. The Morgan fingerprint density at radius 1 is 1.41 bits per heavy atom. The van der Waals surface area contributed by atoms with Gasteiger partial charge in [-0.2, -0.15) is 18.2 Å². The first kappa shape index (κ1) is 21.6. The van der Waals surface area contributed by atoms with Gasteiger partial charge in [0.1, 0.15) is 12.2 Å². The Hall–Kier alpha value is -3.71. The topological polar surface area (TPSA) is 157 Å². The number of pyridine rings is 1. The van der Waals surface area contributed by atoms with E-state index in [4.69, 9.17) is 10.5 Å². The van der Waals surface area contributed by atoms with E-state index in [9.17, 15) is 32.9 Å². The van der Waals surface area contributed by atoms with Crippen LogP contribution >= 0.6 is 0 Å². The Labute approximate surface area is 160 Å². The molecule has 0 saturated heterocycles. The molecule has 0 unspecified atom stereocenters. The third-order valence-electron chi connectivity index (χ3n) is 3.51. The number of alkyl halides is 3. The molecule has 0 aliphatic heterocycles. The number of nitrogens with two attached hydrogens (primary N) is 1. The molecule has 0 aromatic carbocycles. The normalized spacial score (nSPS) is 11.2. The van der Waals surface area contributed by atoms with Crippen LogP contribution in [-0.2, 0) is 22.3 Å².